The van der Waals surface area contributed by atoms with Crippen molar-refractivity contribution >= 4 is 31.9 Å². The highest BCUT2D eigenvalue weighted by atomic mass is 79.9. The Balaban J connectivity index is 1.99. The molecule has 1 amide bonds. The van der Waals surface area contributed by atoms with Crippen molar-refractivity contribution in [3.8, 4) is 0 Å². The summed E-state index contributed by atoms with van der Waals surface area (Å²) in [5, 5.41) is 3.42. The topological polar surface area (TPSA) is 69.7 Å². The van der Waals surface area contributed by atoms with Crippen LogP contribution in [-0.4, -0.2) is 62.1 Å². The maximum absolute atomic E-state index is 12.6. The van der Waals surface area contributed by atoms with Crippen molar-refractivity contribution < 1.29 is 13.2 Å². The third kappa shape index (κ3) is 5.00. The third-order valence-corrected chi connectivity index (χ3v) is 6.14. The van der Waals surface area contributed by atoms with Gasteiger partial charge in [-0.25, -0.2) is 8.42 Å². The number of sulfonamides is 1. The highest BCUT2D eigenvalue weighted by molar-refractivity contribution is 9.09. The number of piperazine rings is 1. The SMILES string of the molecule is CN1CCN(S(=O)(=O)c2ccc(CNC(=O)CCBr)cc2)CC1. The first-order chi connectivity index (χ1) is 10.9. The first-order valence-corrected chi connectivity index (χ1v) is 10.1. The van der Waals surface area contributed by atoms with E-state index in [1.54, 1.807) is 24.3 Å². The largest absolute Gasteiger partial charge is 0.352 e. The quantitative estimate of drug-likeness (QED) is 0.719. The van der Waals surface area contributed by atoms with Gasteiger partial charge in [0.1, 0.15) is 0 Å². The lowest BCUT2D eigenvalue weighted by Crippen LogP contribution is -2.47. The minimum atomic E-state index is -3.43. The normalized spacial score (nSPS) is 17.1. The molecule has 1 heterocycles. The number of amides is 1. The second kappa shape index (κ2) is 8.23. The van der Waals surface area contributed by atoms with Gasteiger partial charge in [0.2, 0.25) is 15.9 Å². The fourth-order valence-electron chi connectivity index (χ4n) is 2.33. The first kappa shape index (κ1) is 18.4. The Kier molecular flexibility index (Phi) is 6.58. The van der Waals surface area contributed by atoms with Crippen molar-refractivity contribution in [3.05, 3.63) is 29.8 Å². The molecule has 1 aliphatic heterocycles. The van der Waals surface area contributed by atoms with Gasteiger partial charge in [-0.1, -0.05) is 28.1 Å². The van der Waals surface area contributed by atoms with Gasteiger partial charge in [0.05, 0.1) is 4.90 Å². The Morgan fingerprint density at radius 3 is 2.35 bits per heavy atom. The zero-order valence-electron chi connectivity index (χ0n) is 13.2. The van der Waals surface area contributed by atoms with E-state index >= 15 is 0 Å². The predicted molar refractivity (Wildman–Crippen MR) is 93.0 cm³/mol. The van der Waals surface area contributed by atoms with E-state index in [0.717, 1.165) is 18.7 Å². The van der Waals surface area contributed by atoms with Crippen LogP contribution < -0.4 is 5.32 Å². The van der Waals surface area contributed by atoms with E-state index < -0.39 is 10.0 Å². The fraction of sp³-hybridized carbons (Fsp3) is 0.533. The van der Waals surface area contributed by atoms with E-state index in [1.165, 1.54) is 4.31 Å². The van der Waals surface area contributed by atoms with Gasteiger partial charge in [-0.3, -0.25) is 4.79 Å². The summed E-state index contributed by atoms with van der Waals surface area (Å²) in [6.07, 6.45) is 0.426. The van der Waals surface area contributed by atoms with E-state index in [0.29, 0.717) is 36.3 Å². The van der Waals surface area contributed by atoms with Crippen molar-refractivity contribution in [1.29, 1.82) is 0 Å². The van der Waals surface area contributed by atoms with Crippen LogP contribution >= 0.6 is 15.9 Å². The Bertz CT molecular complexity index is 626. The second-order valence-corrected chi connectivity index (χ2v) is 8.30. The van der Waals surface area contributed by atoms with Crippen molar-refractivity contribution in [2.45, 2.75) is 17.9 Å². The average Bonchev–Trinajstić information content (AvgIpc) is 2.54. The number of halogens is 1. The maximum Gasteiger partial charge on any atom is 0.243 e. The van der Waals surface area contributed by atoms with Gasteiger partial charge in [0, 0.05) is 44.5 Å². The fourth-order valence-corrected chi connectivity index (χ4v) is 4.11. The average molecular weight is 404 g/mol. The van der Waals surface area contributed by atoms with Crippen LogP contribution in [0.25, 0.3) is 0 Å². The first-order valence-electron chi connectivity index (χ1n) is 7.54. The van der Waals surface area contributed by atoms with Crippen LogP contribution in [0.4, 0.5) is 0 Å². The Labute approximate surface area is 146 Å². The number of hydrogen-bond donors (Lipinski definition) is 1. The molecule has 23 heavy (non-hydrogen) atoms. The van der Waals surface area contributed by atoms with Crippen LogP contribution in [0.1, 0.15) is 12.0 Å². The Hall–Kier alpha value is -0.960. The number of carbonyl (C=O) groups is 1. The molecule has 1 aliphatic rings. The molecule has 1 aromatic rings. The molecule has 0 atom stereocenters. The molecule has 128 valence electrons. The lowest BCUT2D eigenvalue weighted by molar-refractivity contribution is -0.120. The molecule has 1 fully saturated rings. The highest BCUT2D eigenvalue weighted by Gasteiger charge is 2.27. The van der Waals surface area contributed by atoms with Gasteiger partial charge < -0.3 is 10.2 Å². The molecular weight excluding hydrogens is 382 g/mol. The number of nitrogens with one attached hydrogen (secondary N) is 1. The van der Waals surface area contributed by atoms with Crippen LogP contribution in [-0.2, 0) is 21.4 Å². The molecule has 1 N–H and O–H groups in total. The van der Waals surface area contributed by atoms with Crippen LogP contribution in [0.3, 0.4) is 0 Å². The molecule has 0 bridgehead atoms. The molecule has 6 nitrogen and oxygen atoms in total. The summed E-state index contributed by atoms with van der Waals surface area (Å²) in [6.45, 7) is 2.93. The lowest BCUT2D eigenvalue weighted by Gasteiger charge is -2.31. The van der Waals surface area contributed by atoms with Crippen LogP contribution in [0.2, 0.25) is 0 Å². The van der Waals surface area contributed by atoms with Crippen LogP contribution in [0, 0.1) is 0 Å². The van der Waals surface area contributed by atoms with E-state index in [-0.39, 0.29) is 5.91 Å². The number of alkyl halides is 1. The Morgan fingerprint density at radius 2 is 1.78 bits per heavy atom. The molecular formula is C15H22BrN3O3S. The van der Waals surface area contributed by atoms with E-state index in [9.17, 15) is 13.2 Å². The maximum atomic E-state index is 12.6. The monoisotopic (exact) mass is 403 g/mol. The summed E-state index contributed by atoms with van der Waals surface area (Å²) < 4.78 is 26.7. The third-order valence-electron chi connectivity index (χ3n) is 3.83. The van der Waals surface area contributed by atoms with Gasteiger partial charge in [0.25, 0.3) is 0 Å². The lowest BCUT2D eigenvalue weighted by atomic mass is 10.2. The zero-order valence-corrected chi connectivity index (χ0v) is 15.6. The summed E-state index contributed by atoms with van der Waals surface area (Å²) in [5.74, 6) is -0.0315. The molecule has 0 aromatic heterocycles. The van der Waals surface area contributed by atoms with Crippen LogP contribution in [0.5, 0.6) is 0 Å². The molecule has 0 spiro atoms. The number of nitrogens with zero attached hydrogens (tertiary/aromatic N) is 2. The zero-order chi connectivity index (χ0) is 16.9. The summed E-state index contributed by atoms with van der Waals surface area (Å²) in [5.41, 5.74) is 0.880. The molecule has 1 saturated heterocycles. The van der Waals surface area contributed by atoms with Gasteiger partial charge in [0.15, 0.2) is 0 Å². The van der Waals surface area contributed by atoms with Gasteiger partial charge in [-0.05, 0) is 24.7 Å². The van der Waals surface area contributed by atoms with Crippen molar-refractivity contribution in [3.63, 3.8) is 0 Å². The molecule has 1 aromatic carbocycles. The molecule has 0 radical (unpaired) electrons. The molecule has 2 rings (SSSR count). The van der Waals surface area contributed by atoms with Crippen molar-refractivity contribution in [2.75, 3.05) is 38.6 Å². The Morgan fingerprint density at radius 1 is 1.17 bits per heavy atom. The standard InChI is InChI=1S/C15H22BrN3O3S/c1-18-8-10-19(11-9-18)23(21,22)14-4-2-13(3-5-14)12-17-15(20)6-7-16/h2-5H,6-12H2,1H3,(H,17,20). The molecule has 0 saturated carbocycles. The summed E-state index contributed by atoms with van der Waals surface area (Å²) in [6, 6.07) is 6.72. The molecule has 0 aliphatic carbocycles. The summed E-state index contributed by atoms with van der Waals surface area (Å²) >= 11 is 3.21. The number of benzene rings is 1. The number of rotatable bonds is 6. The van der Waals surface area contributed by atoms with E-state index in [2.05, 4.69) is 26.1 Å². The van der Waals surface area contributed by atoms with Gasteiger partial charge in [-0.15, -0.1) is 0 Å². The number of likely N-dealkylation sites (N-methyl/N-ethyl adjacent to an activating group) is 1. The minimum Gasteiger partial charge on any atom is -0.352 e. The second-order valence-electron chi connectivity index (χ2n) is 5.57. The molecule has 8 heteroatoms. The highest BCUT2D eigenvalue weighted by Crippen LogP contribution is 2.18. The van der Waals surface area contributed by atoms with E-state index in [1.807, 2.05) is 7.05 Å². The summed E-state index contributed by atoms with van der Waals surface area (Å²) in [7, 11) is -1.44. The van der Waals surface area contributed by atoms with Crippen LogP contribution in [0.15, 0.2) is 29.2 Å². The summed E-state index contributed by atoms with van der Waals surface area (Å²) in [4.78, 5) is 13.8. The molecule has 0 unspecified atom stereocenters. The number of carbonyl (C=O) groups excluding carboxylic acids is 1. The minimum absolute atomic E-state index is 0.0315. The van der Waals surface area contributed by atoms with Crippen molar-refractivity contribution in [1.82, 2.24) is 14.5 Å². The van der Waals surface area contributed by atoms with Crippen molar-refractivity contribution in [2.24, 2.45) is 0 Å². The predicted octanol–water partition coefficient (Wildman–Crippen LogP) is 1.02. The van der Waals surface area contributed by atoms with Gasteiger partial charge in [-0.2, -0.15) is 4.31 Å². The van der Waals surface area contributed by atoms with Gasteiger partial charge >= 0.3 is 0 Å². The number of hydrogen-bond acceptors (Lipinski definition) is 4. The smallest absolute Gasteiger partial charge is 0.243 e. The van der Waals surface area contributed by atoms with E-state index in [4.69, 9.17) is 0 Å².